The Morgan fingerprint density at radius 3 is 2.63 bits per heavy atom. The smallest absolute Gasteiger partial charge is 0.218 e. The van der Waals surface area contributed by atoms with Crippen molar-refractivity contribution in [2.45, 2.75) is 0 Å². The van der Waals surface area contributed by atoms with E-state index in [2.05, 4.69) is 4.98 Å². The van der Waals surface area contributed by atoms with Gasteiger partial charge >= 0.3 is 0 Å². The number of ether oxygens (including phenoxy) is 2. The van der Waals surface area contributed by atoms with Crippen LogP contribution in [0, 0.1) is 5.82 Å². The Hall–Kier alpha value is -2.43. The molecule has 0 fully saturated rings. The molecule has 1 heterocycles. The Morgan fingerprint density at radius 1 is 1.21 bits per heavy atom. The van der Waals surface area contributed by atoms with Crippen LogP contribution in [0.5, 0.6) is 11.5 Å². The average molecular weight is 261 g/mol. The molecule has 0 aliphatic rings. The van der Waals surface area contributed by atoms with Gasteiger partial charge in [-0.3, -0.25) is 4.79 Å². The highest BCUT2D eigenvalue weighted by Crippen LogP contribution is 2.26. The van der Waals surface area contributed by atoms with E-state index in [0.29, 0.717) is 11.5 Å². The molecule has 0 radical (unpaired) electrons. The van der Waals surface area contributed by atoms with Crippen LogP contribution >= 0.6 is 0 Å². The van der Waals surface area contributed by atoms with Crippen LogP contribution in [0.2, 0.25) is 0 Å². The lowest BCUT2D eigenvalue weighted by Gasteiger charge is -2.09. The summed E-state index contributed by atoms with van der Waals surface area (Å²) < 4.78 is 23.7. The lowest BCUT2D eigenvalue weighted by atomic mass is 10.1. The van der Waals surface area contributed by atoms with Gasteiger partial charge in [-0.2, -0.15) is 0 Å². The number of ketones is 1. The molecule has 98 valence electrons. The fourth-order valence-corrected chi connectivity index (χ4v) is 1.67. The van der Waals surface area contributed by atoms with Crippen molar-refractivity contribution in [3.8, 4) is 11.5 Å². The Bertz CT molecular complexity index is 613. The van der Waals surface area contributed by atoms with Crippen LogP contribution in [-0.4, -0.2) is 25.0 Å². The minimum absolute atomic E-state index is 0.208. The van der Waals surface area contributed by atoms with Crippen LogP contribution in [0.3, 0.4) is 0 Å². The first kappa shape index (κ1) is 13.0. The number of hydrogen-bond donors (Lipinski definition) is 0. The summed E-state index contributed by atoms with van der Waals surface area (Å²) >= 11 is 0. The van der Waals surface area contributed by atoms with Crippen LogP contribution in [0.4, 0.5) is 4.39 Å². The molecule has 0 amide bonds. The minimum Gasteiger partial charge on any atom is -0.497 e. The molecule has 0 aliphatic carbocycles. The third kappa shape index (κ3) is 2.54. The summed E-state index contributed by atoms with van der Waals surface area (Å²) in [6.07, 6.45) is 1.36. The van der Waals surface area contributed by atoms with Gasteiger partial charge in [-0.15, -0.1) is 0 Å². The van der Waals surface area contributed by atoms with E-state index < -0.39 is 11.6 Å². The van der Waals surface area contributed by atoms with Crippen LogP contribution in [0.1, 0.15) is 16.1 Å². The number of methoxy groups -OCH3 is 2. The largest absolute Gasteiger partial charge is 0.497 e. The third-order valence-corrected chi connectivity index (χ3v) is 2.62. The topological polar surface area (TPSA) is 48.4 Å². The normalized spacial score (nSPS) is 10.1. The molecule has 1 aromatic heterocycles. The monoisotopic (exact) mass is 261 g/mol. The lowest BCUT2D eigenvalue weighted by Crippen LogP contribution is -2.08. The maximum absolute atomic E-state index is 13.6. The molecule has 2 aromatic rings. The van der Waals surface area contributed by atoms with Gasteiger partial charge in [-0.25, -0.2) is 9.37 Å². The molecule has 19 heavy (non-hydrogen) atoms. The van der Waals surface area contributed by atoms with Crippen molar-refractivity contribution in [2.75, 3.05) is 14.2 Å². The van der Waals surface area contributed by atoms with E-state index in [1.165, 1.54) is 38.6 Å². The zero-order valence-electron chi connectivity index (χ0n) is 10.5. The molecule has 0 spiro atoms. The number of carbonyl (C=O) groups excluding carboxylic acids is 1. The maximum atomic E-state index is 13.6. The van der Waals surface area contributed by atoms with E-state index >= 15 is 0 Å². The molecule has 0 bridgehead atoms. The number of aromatic nitrogens is 1. The van der Waals surface area contributed by atoms with E-state index in [1.54, 1.807) is 12.1 Å². The summed E-state index contributed by atoms with van der Waals surface area (Å²) in [5.74, 6) is -0.387. The second kappa shape index (κ2) is 5.48. The standard InChI is InChI=1S/C14H12FNO3/c1-18-9-5-6-12(19-2)10(8-9)14(17)13-11(15)4-3-7-16-13/h3-8H,1-2H3. The molecule has 0 saturated heterocycles. The third-order valence-electron chi connectivity index (χ3n) is 2.62. The zero-order chi connectivity index (χ0) is 13.8. The van der Waals surface area contributed by atoms with Gasteiger partial charge in [0.05, 0.1) is 19.8 Å². The number of nitrogens with zero attached hydrogens (tertiary/aromatic N) is 1. The van der Waals surface area contributed by atoms with Gasteiger partial charge in [0.25, 0.3) is 0 Å². The summed E-state index contributed by atoms with van der Waals surface area (Å²) in [4.78, 5) is 16.0. The summed E-state index contributed by atoms with van der Waals surface area (Å²) in [7, 11) is 2.92. The van der Waals surface area contributed by atoms with Crippen molar-refractivity contribution >= 4 is 5.78 Å². The van der Waals surface area contributed by atoms with Gasteiger partial charge in [0.2, 0.25) is 5.78 Å². The van der Waals surface area contributed by atoms with Crippen molar-refractivity contribution in [2.24, 2.45) is 0 Å². The fourth-order valence-electron chi connectivity index (χ4n) is 1.67. The molecule has 0 saturated carbocycles. The van der Waals surface area contributed by atoms with Crippen molar-refractivity contribution in [3.05, 3.63) is 53.6 Å². The van der Waals surface area contributed by atoms with Crippen LogP contribution in [0.15, 0.2) is 36.5 Å². The summed E-state index contributed by atoms with van der Waals surface area (Å²) in [6.45, 7) is 0. The highest BCUT2D eigenvalue weighted by molar-refractivity contribution is 6.09. The number of rotatable bonds is 4. The van der Waals surface area contributed by atoms with Crippen LogP contribution in [0.25, 0.3) is 0 Å². The number of carbonyl (C=O) groups is 1. The van der Waals surface area contributed by atoms with Crippen molar-refractivity contribution in [1.82, 2.24) is 4.98 Å². The lowest BCUT2D eigenvalue weighted by molar-refractivity contribution is 0.102. The minimum atomic E-state index is -0.669. The quantitative estimate of drug-likeness (QED) is 0.793. The first-order chi connectivity index (χ1) is 9.17. The first-order valence-electron chi connectivity index (χ1n) is 5.54. The van der Waals surface area contributed by atoms with E-state index in [-0.39, 0.29) is 11.3 Å². The molecule has 0 atom stereocenters. The van der Waals surface area contributed by atoms with Crippen molar-refractivity contribution in [1.29, 1.82) is 0 Å². The van der Waals surface area contributed by atoms with E-state index in [0.717, 1.165) is 0 Å². The van der Waals surface area contributed by atoms with Gasteiger partial charge in [-0.05, 0) is 30.3 Å². The fraction of sp³-hybridized carbons (Fsp3) is 0.143. The van der Waals surface area contributed by atoms with Gasteiger partial charge in [-0.1, -0.05) is 0 Å². The van der Waals surface area contributed by atoms with Gasteiger partial charge in [0.15, 0.2) is 5.82 Å². The van der Waals surface area contributed by atoms with Crippen LogP contribution < -0.4 is 9.47 Å². The molecular weight excluding hydrogens is 249 g/mol. The number of pyridine rings is 1. The Morgan fingerprint density at radius 2 is 2.00 bits per heavy atom. The highest BCUT2D eigenvalue weighted by Gasteiger charge is 2.19. The summed E-state index contributed by atoms with van der Waals surface area (Å²) in [6, 6.07) is 7.36. The number of benzene rings is 1. The predicted octanol–water partition coefficient (Wildman–Crippen LogP) is 2.47. The first-order valence-corrected chi connectivity index (χ1v) is 5.54. The Labute approximate surface area is 109 Å². The number of halogens is 1. The molecule has 0 unspecified atom stereocenters. The Balaban J connectivity index is 2.51. The molecule has 0 N–H and O–H groups in total. The molecule has 0 aliphatic heterocycles. The molecule has 5 heteroatoms. The molecule has 4 nitrogen and oxygen atoms in total. The van der Waals surface area contributed by atoms with Crippen molar-refractivity contribution in [3.63, 3.8) is 0 Å². The summed E-state index contributed by atoms with van der Waals surface area (Å²) in [5.41, 5.74) is -0.0338. The van der Waals surface area contributed by atoms with E-state index in [4.69, 9.17) is 9.47 Å². The SMILES string of the molecule is COc1ccc(OC)c(C(=O)c2ncccc2F)c1. The van der Waals surface area contributed by atoms with E-state index in [1.807, 2.05) is 0 Å². The predicted molar refractivity (Wildman–Crippen MR) is 67.2 cm³/mol. The maximum Gasteiger partial charge on any atom is 0.218 e. The van der Waals surface area contributed by atoms with Crippen molar-refractivity contribution < 1.29 is 18.7 Å². The molecule has 2 rings (SSSR count). The van der Waals surface area contributed by atoms with Crippen LogP contribution in [-0.2, 0) is 0 Å². The average Bonchev–Trinajstić information content (AvgIpc) is 2.46. The van der Waals surface area contributed by atoms with Gasteiger partial charge < -0.3 is 9.47 Å². The second-order valence-electron chi connectivity index (χ2n) is 3.73. The number of hydrogen-bond acceptors (Lipinski definition) is 4. The van der Waals surface area contributed by atoms with Gasteiger partial charge in [0.1, 0.15) is 17.2 Å². The highest BCUT2D eigenvalue weighted by atomic mass is 19.1. The second-order valence-corrected chi connectivity index (χ2v) is 3.73. The van der Waals surface area contributed by atoms with E-state index in [9.17, 15) is 9.18 Å². The van der Waals surface area contributed by atoms with Gasteiger partial charge in [0, 0.05) is 6.20 Å². The molecular formula is C14H12FNO3. The Kier molecular flexibility index (Phi) is 3.75. The summed E-state index contributed by atoms with van der Waals surface area (Å²) in [5, 5.41) is 0. The molecule has 1 aromatic carbocycles. The zero-order valence-corrected chi connectivity index (χ0v) is 10.5.